The van der Waals surface area contributed by atoms with E-state index in [-0.39, 0.29) is 0 Å². The van der Waals surface area contributed by atoms with Gasteiger partial charge in [0.15, 0.2) is 17.5 Å². The molecule has 0 aliphatic carbocycles. The molecule has 0 N–H and O–H groups in total. The summed E-state index contributed by atoms with van der Waals surface area (Å²) < 4.78 is 5.09. The molecule has 3 heterocycles. The van der Waals surface area contributed by atoms with Gasteiger partial charge in [-0.05, 0) is 82.2 Å². The Labute approximate surface area is 272 Å². The molecule has 0 amide bonds. The van der Waals surface area contributed by atoms with Crippen LogP contribution in [0.1, 0.15) is 0 Å². The van der Waals surface area contributed by atoms with Gasteiger partial charge in [-0.15, -0.1) is 22.7 Å². The number of hydrogen-bond donors (Lipinski definition) is 0. The Hall–Kier alpha value is -5.49. The first-order valence-corrected chi connectivity index (χ1v) is 16.9. The van der Waals surface area contributed by atoms with Gasteiger partial charge in [-0.25, -0.2) is 15.0 Å². The fourth-order valence-electron chi connectivity index (χ4n) is 6.55. The summed E-state index contributed by atoms with van der Waals surface area (Å²) in [4.78, 5) is 15.2. The van der Waals surface area contributed by atoms with Gasteiger partial charge in [0.25, 0.3) is 0 Å². The second kappa shape index (κ2) is 10.0. The fourth-order valence-corrected chi connectivity index (χ4v) is 8.79. The Morgan fingerprint density at radius 3 is 1.17 bits per heavy atom. The maximum atomic E-state index is 5.13. The van der Waals surface area contributed by atoms with Crippen molar-refractivity contribution in [2.45, 2.75) is 0 Å². The maximum Gasteiger partial charge on any atom is 0.164 e. The third kappa shape index (κ3) is 4.13. The van der Waals surface area contributed by atoms with Crippen molar-refractivity contribution in [2.24, 2.45) is 0 Å². The average Bonchev–Trinajstić information content (AvgIpc) is 3.66. The minimum absolute atomic E-state index is 0.670. The Morgan fingerprint density at radius 1 is 0.304 bits per heavy atom. The first-order valence-electron chi connectivity index (χ1n) is 15.3. The van der Waals surface area contributed by atoms with Crippen molar-refractivity contribution in [1.29, 1.82) is 0 Å². The Morgan fingerprint density at radius 2 is 0.696 bits per heavy atom. The number of aromatic nitrogens is 3. The molecule has 0 saturated carbocycles. The lowest BCUT2D eigenvalue weighted by atomic mass is 10.0. The van der Waals surface area contributed by atoms with Crippen molar-refractivity contribution in [2.75, 3.05) is 0 Å². The van der Waals surface area contributed by atoms with Crippen LogP contribution in [-0.4, -0.2) is 15.0 Å². The lowest BCUT2D eigenvalue weighted by Gasteiger charge is -2.09. The highest BCUT2D eigenvalue weighted by atomic mass is 32.1. The van der Waals surface area contributed by atoms with Crippen LogP contribution in [-0.2, 0) is 0 Å². The third-order valence-corrected chi connectivity index (χ3v) is 11.1. The number of thiophene rings is 2. The lowest BCUT2D eigenvalue weighted by Crippen LogP contribution is -2.00. The van der Waals surface area contributed by atoms with Crippen molar-refractivity contribution < 1.29 is 0 Å². The van der Waals surface area contributed by atoms with Crippen LogP contribution in [0.3, 0.4) is 0 Å². The molecule has 0 unspecified atom stereocenters. The number of hydrogen-bond acceptors (Lipinski definition) is 5. The second-order valence-corrected chi connectivity index (χ2v) is 13.9. The first-order chi connectivity index (χ1) is 22.7. The molecule has 0 aliphatic heterocycles. The van der Waals surface area contributed by atoms with E-state index in [4.69, 9.17) is 15.0 Å². The molecule has 0 radical (unpaired) electrons. The molecule has 0 bridgehead atoms. The molecule has 0 spiro atoms. The largest absolute Gasteiger partial charge is 0.208 e. The van der Waals surface area contributed by atoms with Gasteiger partial charge in [0.2, 0.25) is 0 Å². The van der Waals surface area contributed by atoms with Crippen molar-refractivity contribution in [3.05, 3.63) is 140 Å². The first kappa shape index (κ1) is 25.8. The Balaban J connectivity index is 1.17. The summed E-state index contributed by atoms with van der Waals surface area (Å²) in [7, 11) is 0. The number of benzene rings is 7. The fraction of sp³-hybridized carbons (Fsp3) is 0. The van der Waals surface area contributed by atoms with E-state index in [1.807, 2.05) is 40.9 Å². The zero-order valence-corrected chi connectivity index (χ0v) is 26.1. The summed E-state index contributed by atoms with van der Waals surface area (Å²) >= 11 is 3.66. The van der Waals surface area contributed by atoms with Crippen LogP contribution in [0.4, 0.5) is 0 Å². The van der Waals surface area contributed by atoms with Gasteiger partial charge in [-0.3, -0.25) is 0 Å². The van der Waals surface area contributed by atoms with Crippen LogP contribution >= 0.6 is 22.7 Å². The van der Waals surface area contributed by atoms with Gasteiger partial charge in [0.1, 0.15) is 0 Å². The van der Waals surface area contributed by atoms with Crippen LogP contribution in [0, 0.1) is 0 Å². The SMILES string of the molecule is c1ccc(-c2nc(-c3ccc4sc5cc6ccccc6cc5c4c3)nc(-c3ccc4sc5cc6ccccc6cc5c4c3)n2)cc1. The minimum Gasteiger partial charge on any atom is -0.208 e. The van der Waals surface area contributed by atoms with Crippen LogP contribution in [0.5, 0.6) is 0 Å². The molecule has 5 heteroatoms. The highest BCUT2D eigenvalue weighted by Crippen LogP contribution is 2.40. The summed E-state index contributed by atoms with van der Waals surface area (Å²) in [6.45, 7) is 0. The molecule has 0 saturated heterocycles. The Kier molecular flexibility index (Phi) is 5.61. The van der Waals surface area contributed by atoms with E-state index < -0.39 is 0 Å². The molecule has 7 aromatic carbocycles. The van der Waals surface area contributed by atoms with Crippen LogP contribution in [0.15, 0.2) is 140 Å². The molecule has 10 aromatic rings. The Bertz CT molecular complexity index is 2640. The zero-order valence-electron chi connectivity index (χ0n) is 24.4. The second-order valence-electron chi connectivity index (χ2n) is 11.7. The normalized spacial score (nSPS) is 11.9. The quantitative estimate of drug-likeness (QED) is 0.197. The molecule has 0 atom stereocenters. The maximum absolute atomic E-state index is 5.13. The van der Waals surface area contributed by atoms with Crippen LogP contribution < -0.4 is 0 Å². The van der Waals surface area contributed by atoms with Gasteiger partial charge < -0.3 is 0 Å². The molecule has 0 fully saturated rings. The molecule has 3 aromatic heterocycles. The highest BCUT2D eigenvalue weighted by molar-refractivity contribution is 7.26. The summed E-state index contributed by atoms with van der Waals surface area (Å²) in [5.41, 5.74) is 2.93. The monoisotopic (exact) mass is 621 g/mol. The van der Waals surface area contributed by atoms with Crippen molar-refractivity contribution in [3.8, 4) is 34.2 Å². The topological polar surface area (TPSA) is 38.7 Å². The highest BCUT2D eigenvalue weighted by Gasteiger charge is 2.16. The third-order valence-electron chi connectivity index (χ3n) is 8.86. The van der Waals surface area contributed by atoms with Gasteiger partial charge in [0.05, 0.1) is 0 Å². The molecule has 3 nitrogen and oxygen atoms in total. The molecular weight excluding hydrogens is 599 g/mol. The average molecular weight is 622 g/mol. The van der Waals surface area contributed by atoms with Gasteiger partial charge in [-0.1, -0.05) is 78.9 Å². The van der Waals surface area contributed by atoms with E-state index >= 15 is 0 Å². The van der Waals surface area contributed by atoms with E-state index in [0.29, 0.717) is 17.5 Å². The lowest BCUT2D eigenvalue weighted by molar-refractivity contribution is 1.08. The number of rotatable bonds is 3. The van der Waals surface area contributed by atoms with Crippen molar-refractivity contribution >= 4 is 84.6 Å². The predicted molar refractivity (Wildman–Crippen MR) is 197 cm³/mol. The van der Waals surface area contributed by atoms with E-state index in [0.717, 1.165) is 16.7 Å². The van der Waals surface area contributed by atoms with Crippen molar-refractivity contribution in [1.82, 2.24) is 15.0 Å². The van der Waals surface area contributed by atoms with E-state index in [9.17, 15) is 0 Å². The zero-order chi connectivity index (χ0) is 30.2. The summed E-state index contributed by atoms with van der Waals surface area (Å²) in [5, 5.41) is 10.0. The number of nitrogens with zero attached hydrogens (tertiary/aromatic N) is 3. The van der Waals surface area contributed by atoms with Crippen LogP contribution in [0.25, 0.3) is 96.1 Å². The van der Waals surface area contributed by atoms with E-state index in [1.165, 1.54) is 61.9 Å². The van der Waals surface area contributed by atoms with Gasteiger partial charge in [-0.2, -0.15) is 0 Å². The van der Waals surface area contributed by atoms with Crippen molar-refractivity contribution in [3.63, 3.8) is 0 Å². The minimum atomic E-state index is 0.670. The van der Waals surface area contributed by atoms with Gasteiger partial charge in [0, 0.05) is 57.0 Å². The standard InChI is InChI=1S/C41H23N3S2/c1-2-8-24(9-3-1)39-42-40(29-14-16-35-31(20-29)33-18-25-10-4-6-12-27(25)22-37(33)45-35)44-41(43-39)30-15-17-36-32(21-30)34-19-26-11-5-7-13-28(26)23-38(34)46-36/h1-23H. The molecule has 214 valence electrons. The van der Waals surface area contributed by atoms with E-state index in [2.05, 4.69) is 121 Å². The van der Waals surface area contributed by atoms with Gasteiger partial charge >= 0.3 is 0 Å². The summed E-state index contributed by atoms with van der Waals surface area (Å²) in [5.74, 6) is 2.02. The van der Waals surface area contributed by atoms with E-state index in [1.54, 1.807) is 0 Å². The predicted octanol–water partition coefficient (Wildman–Crippen LogP) is 11.9. The van der Waals surface area contributed by atoms with Crippen LogP contribution in [0.2, 0.25) is 0 Å². The molecule has 46 heavy (non-hydrogen) atoms. The number of fused-ring (bicyclic) bond motifs is 8. The molecule has 0 aliphatic rings. The molecular formula is C41H23N3S2. The summed E-state index contributed by atoms with van der Waals surface area (Å²) in [6, 6.07) is 49.8. The molecule has 10 rings (SSSR count). The summed E-state index contributed by atoms with van der Waals surface area (Å²) in [6.07, 6.45) is 0. The smallest absolute Gasteiger partial charge is 0.164 e.